The van der Waals surface area contributed by atoms with Gasteiger partial charge in [0.2, 0.25) is 0 Å². The van der Waals surface area contributed by atoms with Crippen molar-refractivity contribution in [3.8, 4) is 5.75 Å². The van der Waals surface area contributed by atoms with E-state index in [0.29, 0.717) is 18.8 Å². The van der Waals surface area contributed by atoms with E-state index in [1.165, 1.54) is 0 Å². The molecule has 0 aliphatic carbocycles. The number of benzene rings is 1. The number of aliphatic hydroxyl groups excluding tert-OH is 1. The van der Waals surface area contributed by atoms with Gasteiger partial charge in [0.15, 0.2) is 6.61 Å². The average Bonchev–Trinajstić information content (AvgIpc) is 2.71. The molecule has 1 aromatic carbocycles. The van der Waals surface area contributed by atoms with Gasteiger partial charge in [-0.1, -0.05) is 22.0 Å². The molecule has 1 amide bonds. The molecule has 0 unspecified atom stereocenters. The van der Waals surface area contributed by atoms with Crippen molar-refractivity contribution < 1.29 is 14.6 Å². The lowest BCUT2D eigenvalue weighted by molar-refractivity contribution is -0.133. The number of carbonyl (C=O) groups is 1. The zero-order valence-electron chi connectivity index (χ0n) is 12.0. The Morgan fingerprint density at radius 1 is 1.29 bits per heavy atom. The number of carbonyl (C=O) groups excluding carboxylic acids is 1. The van der Waals surface area contributed by atoms with Gasteiger partial charge in [0, 0.05) is 30.7 Å². The van der Waals surface area contributed by atoms with E-state index in [1.807, 2.05) is 29.2 Å². The zero-order chi connectivity index (χ0) is 15.1. The molecule has 0 atom stereocenters. The topological polar surface area (TPSA) is 53.0 Å². The van der Waals surface area contributed by atoms with Crippen molar-refractivity contribution in [3.05, 3.63) is 28.7 Å². The van der Waals surface area contributed by atoms with E-state index >= 15 is 0 Å². The van der Waals surface area contributed by atoms with Crippen LogP contribution in [0.3, 0.4) is 0 Å². The summed E-state index contributed by atoms with van der Waals surface area (Å²) in [7, 11) is 0. The van der Waals surface area contributed by atoms with Crippen molar-refractivity contribution in [2.24, 2.45) is 0 Å². The zero-order valence-corrected chi connectivity index (χ0v) is 13.6. The summed E-state index contributed by atoms with van der Waals surface area (Å²) < 4.78 is 6.47. The Balaban J connectivity index is 1.80. The standard InChI is InChI=1S/C15H21BrN2O3/c16-13-3-1-4-14(11-13)21-12-15(20)18-6-2-5-17(7-8-18)9-10-19/h1,3-4,11,19H,2,5-10,12H2. The fourth-order valence-electron chi connectivity index (χ4n) is 2.38. The number of amides is 1. The lowest BCUT2D eigenvalue weighted by Crippen LogP contribution is -2.38. The smallest absolute Gasteiger partial charge is 0.260 e. The molecular weight excluding hydrogens is 336 g/mol. The summed E-state index contributed by atoms with van der Waals surface area (Å²) in [6.45, 7) is 4.09. The molecule has 1 fully saturated rings. The maximum atomic E-state index is 12.2. The quantitative estimate of drug-likeness (QED) is 0.865. The fraction of sp³-hybridized carbons (Fsp3) is 0.533. The number of nitrogens with zero attached hydrogens (tertiary/aromatic N) is 2. The molecular formula is C15H21BrN2O3. The van der Waals surface area contributed by atoms with Crippen molar-refractivity contribution in [2.75, 3.05) is 45.9 Å². The maximum Gasteiger partial charge on any atom is 0.260 e. The van der Waals surface area contributed by atoms with Crippen LogP contribution in [0.25, 0.3) is 0 Å². The highest BCUT2D eigenvalue weighted by atomic mass is 79.9. The molecule has 1 aromatic rings. The summed E-state index contributed by atoms with van der Waals surface area (Å²) in [4.78, 5) is 16.2. The molecule has 116 valence electrons. The van der Waals surface area contributed by atoms with Gasteiger partial charge in [-0.15, -0.1) is 0 Å². The Hall–Kier alpha value is -1.11. The van der Waals surface area contributed by atoms with Crippen LogP contribution in [-0.2, 0) is 4.79 Å². The summed E-state index contributed by atoms with van der Waals surface area (Å²) in [5.41, 5.74) is 0. The van der Waals surface area contributed by atoms with Gasteiger partial charge in [0.25, 0.3) is 5.91 Å². The molecule has 21 heavy (non-hydrogen) atoms. The van der Waals surface area contributed by atoms with Gasteiger partial charge in [0.05, 0.1) is 6.61 Å². The molecule has 1 N–H and O–H groups in total. The van der Waals surface area contributed by atoms with Gasteiger partial charge in [-0.05, 0) is 31.2 Å². The summed E-state index contributed by atoms with van der Waals surface area (Å²) in [6.07, 6.45) is 0.933. The molecule has 0 radical (unpaired) electrons. The summed E-state index contributed by atoms with van der Waals surface area (Å²) in [5, 5.41) is 8.97. The van der Waals surface area contributed by atoms with Crippen LogP contribution in [0.1, 0.15) is 6.42 Å². The van der Waals surface area contributed by atoms with Crippen LogP contribution in [0.4, 0.5) is 0 Å². The van der Waals surface area contributed by atoms with Crippen LogP contribution in [0.2, 0.25) is 0 Å². The van der Waals surface area contributed by atoms with E-state index in [0.717, 1.165) is 30.5 Å². The normalized spacial score (nSPS) is 16.6. The van der Waals surface area contributed by atoms with Gasteiger partial charge in [-0.2, -0.15) is 0 Å². The van der Waals surface area contributed by atoms with Gasteiger partial charge in [0.1, 0.15) is 5.75 Å². The molecule has 0 bridgehead atoms. The molecule has 6 heteroatoms. The van der Waals surface area contributed by atoms with Crippen LogP contribution in [-0.4, -0.2) is 66.8 Å². The molecule has 1 aliphatic heterocycles. The molecule has 1 heterocycles. The van der Waals surface area contributed by atoms with E-state index < -0.39 is 0 Å². The SMILES string of the molecule is O=C(COc1cccc(Br)c1)N1CCCN(CCO)CC1. The Morgan fingerprint density at radius 3 is 2.90 bits per heavy atom. The van der Waals surface area contributed by atoms with E-state index in [9.17, 15) is 4.79 Å². The second-order valence-corrected chi connectivity index (χ2v) is 5.96. The van der Waals surface area contributed by atoms with Gasteiger partial charge in [-0.3, -0.25) is 9.69 Å². The van der Waals surface area contributed by atoms with Crippen molar-refractivity contribution in [2.45, 2.75) is 6.42 Å². The highest BCUT2D eigenvalue weighted by molar-refractivity contribution is 9.10. The molecule has 1 saturated heterocycles. The van der Waals surface area contributed by atoms with Gasteiger partial charge < -0.3 is 14.7 Å². The minimum atomic E-state index is 0.0147. The van der Waals surface area contributed by atoms with Crippen LogP contribution in [0.5, 0.6) is 5.75 Å². The van der Waals surface area contributed by atoms with Crippen LogP contribution in [0, 0.1) is 0 Å². The number of halogens is 1. The number of β-amino-alcohol motifs (C(OH)–C–C–N with tert-alkyl or cyclic N) is 1. The maximum absolute atomic E-state index is 12.2. The minimum Gasteiger partial charge on any atom is -0.484 e. The first-order valence-corrected chi connectivity index (χ1v) is 7.97. The highest BCUT2D eigenvalue weighted by Crippen LogP contribution is 2.17. The largest absolute Gasteiger partial charge is 0.484 e. The molecule has 0 aromatic heterocycles. The molecule has 2 rings (SSSR count). The van der Waals surface area contributed by atoms with Crippen LogP contribution >= 0.6 is 15.9 Å². The lowest BCUT2D eigenvalue weighted by Gasteiger charge is -2.21. The number of ether oxygens (including phenoxy) is 1. The lowest BCUT2D eigenvalue weighted by atomic mass is 10.3. The number of rotatable bonds is 5. The minimum absolute atomic E-state index is 0.0147. The summed E-state index contributed by atoms with van der Waals surface area (Å²) in [6, 6.07) is 7.48. The van der Waals surface area contributed by atoms with E-state index in [4.69, 9.17) is 9.84 Å². The fourth-order valence-corrected chi connectivity index (χ4v) is 2.76. The Labute approximate surface area is 133 Å². The number of hydrogen-bond acceptors (Lipinski definition) is 4. The first-order valence-electron chi connectivity index (χ1n) is 7.18. The summed E-state index contributed by atoms with van der Waals surface area (Å²) in [5.74, 6) is 0.704. The highest BCUT2D eigenvalue weighted by Gasteiger charge is 2.19. The van der Waals surface area contributed by atoms with Crippen molar-refractivity contribution in [3.63, 3.8) is 0 Å². The number of hydrogen-bond donors (Lipinski definition) is 1. The average molecular weight is 357 g/mol. The summed E-state index contributed by atoms with van der Waals surface area (Å²) >= 11 is 3.38. The molecule has 1 aliphatic rings. The van der Waals surface area contributed by atoms with E-state index in [2.05, 4.69) is 20.8 Å². The third kappa shape index (κ3) is 5.30. The third-order valence-electron chi connectivity index (χ3n) is 3.52. The Bertz CT molecular complexity index is 470. The van der Waals surface area contributed by atoms with Crippen molar-refractivity contribution in [1.29, 1.82) is 0 Å². The van der Waals surface area contributed by atoms with Gasteiger partial charge in [-0.25, -0.2) is 0 Å². The predicted molar refractivity (Wildman–Crippen MR) is 84.4 cm³/mol. The number of aliphatic hydroxyl groups is 1. The first-order chi connectivity index (χ1) is 10.2. The van der Waals surface area contributed by atoms with Gasteiger partial charge >= 0.3 is 0 Å². The second kappa shape index (κ2) is 8.36. The van der Waals surface area contributed by atoms with Crippen molar-refractivity contribution in [1.82, 2.24) is 9.80 Å². The molecule has 0 saturated carbocycles. The monoisotopic (exact) mass is 356 g/mol. The first kappa shape index (κ1) is 16.3. The predicted octanol–water partition coefficient (Wildman–Crippen LogP) is 1.35. The van der Waals surface area contributed by atoms with E-state index in [-0.39, 0.29) is 19.1 Å². The molecule has 5 nitrogen and oxygen atoms in total. The molecule has 0 spiro atoms. The second-order valence-electron chi connectivity index (χ2n) is 5.05. The Morgan fingerprint density at radius 2 is 2.14 bits per heavy atom. The van der Waals surface area contributed by atoms with Crippen LogP contribution < -0.4 is 4.74 Å². The van der Waals surface area contributed by atoms with Crippen LogP contribution in [0.15, 0.2) is 28.7 Å². The third-order valence-corrected chi connectivity index (χ3v) is 4.01. The Kier molecular flexibility index (Phi) is 6.48. The van der Waals surface area contributed by atoms with Crippen molar-refractivity contribution >= 4 is 21.8 Å². The van der Waals surface area contributed by atoms with E-state index in [1.54, 1.807) is 0 Å².